The summed E-state index contributed by atoms with van der Waals surface area (Å²) in [5.74, 6) is -1.26. The highest BCUT2D eigenvalue weighted by Gasteiger charge is 2.29. The van der Waals surface area contributed by atoms with E-state index in [0.717, 1.165) is 5.56 Å². The van der Waals surface area contributed by atoms with Gasteiger partial charge in [0.25, 0.3) is 0 Å². The monoisotopic (exact) mass is 440 g/mol. The van der Waals surface area contributed by atoms with Crippen molar-refractivity contribution in [3.05, 3.63) is 95.6 Å². The molecule has 0 unspecified atom stereocenters. The number of oxazole rings is 1. The molecule has 0 spiro atoms. The third kappa shape index (κ3) is 4.34. The first-order valence-corrected chi connectivity index (χ1v) is 10.9. The molecule has 1 heterocycles. The number of aromatic nitrogens is 1. The van der Waals surface area contributed by atoms with Crippen LogP contribution in [0.15, 0.2) is 87.1 Å². The van der Waals surface area contributed by atoms with Crippen molar-refractivity contribution >= 4 is 15.7 Å². The first-order chi connectivity index (χ1) is 14.8. The summed E-state index contributed by atoms with van der Waals surface area (Å²) in [5, 5.41) is 2.54. The molecule has 158 valence electrons. The van der Waals surface area contributed by atoms with E-state index in [2.05, 4.69) is 10.3 Å². The maximum Gasteiger partial charge on any atom is 0.234 e. The molecule has 31 heavy (non-hydrogen) atoms. The van der Waals surface area contributed by atoms with Crippen LogP contribution >= 0.6 is 0 Å². The standard InChI is InChI=1S/C23H18F2N2O3S/c1-15-6-12-18(13-7-15)31(28,29)23-22(26-14-16-8-10-17(24)11-9-16)30-21(27-23)19-4-2-3-5-20(19)25/h2-13,26H,14H2,1H3. The summed E-state index contributed by atoms with van der Waals surface area (Å²) < 4.78 is 59.5. The maximum atomic E-state index is 14.3. The lowest BCUT2D eigenvalue weighted by Crippen LogP contribution is -2.07. The third-order valence-corrected chi connectivity index (χ3v) is 6.33. The van der Waals surface area contributed by atoms with Gasteiger partial charge in [-0.2, -0.15) is 4.98 Å². The molecule has 0 saturated heterocycles. The van der Waals surface area contributed by atoms with Gasteiger partial charge >= 0.3 is 0 Å². The Labute approximate surface area is 178 Å². The number of hydrogen-bond donors (Lipinski definition) is 1. The Morgan fingerprint density at radius 3 is 2.29 bits per heavy atom. The van der Waals surface area contributed by atoms with Gasteiger partial charge in [0.15, 0.2) is 0 Å². The quantitative estimate of drug-likeness (QED) is 0.436. The van der Waals surface area contributed by atoms with Crippen LogP contribution in [0.25, 0.3) is 11.5 Å². The summed E-state index contributed by atoms with van der Waals surface area (Å²) in [6, 6.07) is 17.8. The van der Waals surface area contributed by atoms with Crippen LogP contribution in [0.5, 0.6) is 0 Å². The van der Waals surface area contributed by atoms with Crippen LogP contribution in [-0.4, -0.2) is 13.4 Å². The van der Waals surface area contributed by atoms with E-state index in [4.69, 9.17) is 4.42 Å². The first kappa shape index (κ1) is 20.7. The summed E-state index contributed by atoms with van der Waals surface area (Å²) in [6.07, 6.45) is 0. The number of nitrogens with zero attached hydrogens (tertiary/aromatic N) is 1. The molecule has 8 heteroatoms. The topological polar surface area (TPSA) is 72.2 Å². The lowest BCUT2D eigenvalue weighted by atomic mass is 10.2. The molecule has 0 atom stereocenters. The zero-order valence-electron chi connectivity index (χ0n) is 16.5. The average molecular weight is 440 g/mol. The van der Waals surface area contributed by atoms with Gasteiger partial charge in [-0.25, -0.2) is 17.2 Å². The Morgan fingerprint density at radius 2 is 1.61 bits per heavy atom. The van der Waals surface area contributed by atoms with Crippen LogP contribution in [0.3, 0.4) is 0 Å². The summed E-state index contributed by atoms with van der Waals surface area (Å²) in [6.45, 7) is 2.00. The normalized spacial score (nSPS) is 11.5. The minimum absolute atomic E-state index is 0.0383. The van der Waals surface area contributed by atoms with Gasteiger partial charge in [-0.3, -0.25) is 0 Å². The van der Waals surface area contributed by atoms with Gasteiger partial charge in [-0.15, -0.1) is 0 Å². The fraction of sp³-hybridized carbons (Fsp3) is 0.0870. The number of sulfone groups is 1. The number of aryl methyl sites for hydroxylation is 1. The number of rotatable bonds is 6. The molecule has 1 aromatic heterocycles. The van der Waals surface area contributed by atoms with E-state index in [1.165, 1.54) is 42.5 Å². The summed E-state index contributed by atoms with van der Waals surface area (Å²) in [4.78, 5) is 4.16. The fourth-order valence-electron chi connectivity index (χ4n) is 2.96. The maximum absolute atomic E-state index is 14.3. The molecule has 0 aliphatic heterocycles. The Kier molecular flexibility index (Phi) is 5.56. The molecule has 0 saturated carbocycles. The van der Waals surface area contributed by atoms with Crippen LogP contribution in [-0.2, 0) is 16.4 Å². The van der Waals surface area contributed by atoms with Gasteiger partial charge in [0.2, 0.25) is 26.6 Å². The Morgan fingerprint density at radius 1 is 0.935 bits per heavy atom. The highest BCUT2D eigenvalue weighted by Crippen LogP contribution is 2.33. The predicted octanol–water partition coefficient (Wildman–Crippen LogP) is 5.37. The molecule has 5 nitrogen and oxygen atoms in total. The average Bonchev–Trinajstić information content (AvgIpc) is 3.19. The largest absolute Gasteiger partial charge is 0.419 e. The lowest BCUT2D eigenvalue weighted by Gasteiger charge is -2.07. The van der Waals surface area contributed by atoms with Gasteiger partial charge in [0.1, 0.15) is 11.6 Å². The molecule has 4 rings (SSSR count). The molecule has 0 amide bonds. The number of anilines is 1. The van der Waals surface area contributed by atoms with Crippen LogP contribution < -0.4 is 5.32 Å². The van der Waals surface area contributed by atoms with E-state index < -0.39 is 15.7 Å². The number of benzene rings is 3. The Balaban J connectivity index is 1.77. The first-order valence-electron chi connectivity index (χ1n) is 9.40. The van der Waals surface area contributed by atoms with Gasteiger partial charge in [-0.05, 0) is 48.9 Å². The molecular formula is C23H18F2N2O3S. The van der Waals surface area contributed by atoms with Crippen molar-refractivity contribution in [2.75, 3.05) is 5.32 Å². The van der Waals surface area contributed by atoms with Crippen molar-refractivity contribution in [3.63, 3.8) is 0 Å². The van der Waals surface area contributed by atoms with Crippen molar-refractivity contribution in [1.29, 1.82) is 0 Å². The zero-order chi connectivity index (χ0) is 22.0. The molecule has 4 aromatic rings. The summed E-state index contributed by atoms with van der Waals surface area (Å²) in [5.41, 5.74) is 1.64. The van der Waals surface area contributed by atoms with Gasteiger partial charge in [0, 0.05) is 6.54 Å². The zero-order valence-corrected chi connectivity index (χ0v) is 17.3. The number of nitrogens with one attached hydrogen (secondary N) is 1. The summed E-state index contributed by atoms with van der Waals surface area (Å²) >= 11 is 0. The highest BCUT2D eigenvalue weighted by atomic mass is 32.2. The lowest BCUT2D eigenvalue weighted by molar-refractivity contribution is 0.567. The Bertz CT molecular complexity index is 1320. The number of halogens is 2. The minimum Gasteiger partial charge on any atom is -0.419 e. The molecule has 0 aliphatic carbocycles. The minimum atomic E-state index is -4.05. The molecule has 1 N–H and O–H groups in total. The summed E-state index contributed by atoms with van der Waals surface area (Å²) in [7, 11) is -4.05. The van der Waals surface area contributed by atoms with Crippen molar-refractivity contribution in [3.8, 4) is 11.5 Å². The molecule has 3 aromatic carbocycles. The van der Waals surface area contributed by atoms with Gasteiger partial charge < -0.3 is 9.73 Å². The van der Waals surface area contributed by atoms with Crippen LogP contribution in [0.4, 0.5) is 14.7 Å². The fourth-order valence-corrected chi connectivity index (χ4v) is 4.24. The van der Waals surface area contributed by atoms with Crippen molar-refractivity contribution in [2.45, 2.75) is 23.4 Å². The van der Waals surface area contributed by atoms with E-state index in [9.17, 15) is 17.2 Å². The predicted molar refractivity (Wildman–Crippen MR) is 112 cm³/mol. The van der Waals surface area contributed by atoms with E-state index in [0.29, 0.717) is 5.56 Å². The van der Waals surface area contributed by atoms with Gasteiger partial charge in [0.05, 0.1) is 10.5 Å². The second-order valence-corrected chi connectivity index (χ2v) is 8.79. The van der Waals surface area contributed by atoms with E-state index >= 15 is 0 Å². The van der Waals surface area contributed by atoms with Crippen molar-refractivity contribution in [1.82, 2.24) is 4.98 Å². The number of hydrogen-bond acceptors (Lipinski definition) is 5. The van der Waals surface area contributed by atoms with Gasteiger partial charge in [-0.1, -0.05) is 42.0 Å². The highest BCUT2D eigenvalue weighted by molar-refractivity contribution is 7.91. The molecular weight excluding hydrogens is 422 g/mol. The van der Waals surface area contributed by atoms with Crippen LogP contribution in [0.2, 0.25) is 0 Å². The molecule has 0 fully saturated rings. The van der Waals surface area contributed by atoms with Crippen molar-refractivity contribution < 1.29 is 21.6 Å². The SMILES string of the molecule is Cc1ccc(S(=O)(=O)c2nc(-c3ccccc3F)oc2NCc2ccc(F)cc2)cc1. The molecule has 0 radical (unpaired) electrons. The molecule has 0 bridgehead atoms. The van der Waals surface area contributed by atoms with Crippen LogP contribution in [0, 0.1) is 18.6 Å². The van der Waals surface area contributed by atoms with E-state index in [1.807, 2.05) is 6.92 Å². The van der Waals surface area contributed by atoms with E-state index in [-0.39, 0.29) is 39.6 Å². The third-order valence-electron chi connectivity index (χ3n) is 4.65. The smallest absolute Gasteiger partial charge is 0.234 e. The Hall–Kier alpha value is -3.52. The van der Waals surface area contributed by atoms with Crippen molar-refractivity contribution in [2.24, 2.45) is 0 Å². The second-order valence-electron chi connectivity index (χ2n) is 6.93. The van der Waals surface area contributed by atoms with E-state index in [1.54, 1.807) is 30.3 Å². The molecule has 0 aliphatic rings. The van der Waals surface area contributed by atoms with Crippen LogP contribution in [0.1, 0.15) is 11.1 Å². The second kappa shape index (κ2) is 8.31.